The van der Waals surface area contributed by atoms with E-state index in [1.165, 1.54) is 11.8 Å². The van der Waals surface area contributed by atoms with Crippen molar-refractivity contribution < 1.29 is 4.79 Å². The molecule has 6 heteroatoms. The lowest BCUT2D eigenvalue weighted by atomic mass is 10.1. The first kappa shape index (κ1) is 20.5. The number of aryl methyl sites for hydroxylation is 2. The van der Waals surface area contributed by atoms with Gasteiger partial charge in [-0.25, -0.2) is 4.98 Å². The highest BCUT2D eigenvalue weighted by molar-refractivity contribution is 7.99. The number of amides is 1. The van der Waals surface area contributed by atoms with Gasteiger partial charge in [-0.15, -0.1) is 0 Å². The fraction of sp³-hybridized carbons (Fsp3) is 0.167. The number of carbonyl (C=O) groups is 1. The lowest BCUT2D eigenvalue weighted by Gasteiger charge is -2.10. The number of para-hydroxylation sites is 2. The van der Waals surface area contributed by atoms with Crippen molar-refractivity contribution in [1.82, 2.24) is 9.55 Å². The smallest absolute Gasteiger partial charge is 0.234 e. The third-order valence-electron chi connectivity index (χ3n) is 4.71. The molecule has 1 aromatic heterocycles. The molecule has 1 N–H and O–H groups in total. The summed E-state index contributed by atoms with van der Waals surface area (Å²) in [5.74, 6) is 0.242. The zero-order valence-corrected chi connectivity index (χ0v) is 18.4. The second-order valence-electron chi connectivity index (χ2n) is 7.31. The SMILES string of the molecule is Cc1cc(C)cc(NC(=O)CSc2nc3ccccc3n2Cc2ccc(Cl)cc2)c1. The van der Waals surface area contributed by atoms with Crippen LogP contribution in [0.2, 0.25) is 5.02 Å². The number of rotatable bonds is 6. The van der Waals surface area contributed by atoms with Crippen molar-refractivity contribution in [3.05, 3.63) is 88.4 Å². The van der Waals surface area contributed by atoms with Gasteiger partial charge in [0.25, 0.3) is 0 Å². The number of fused-ring (bicyclic) bond motifs is 1. The Bertz CT molecular complexity index is 1180. The van der Waals surface area contributed by atoms with Crippen molar-refractivity contribution in [3.63, 3.8) is 0 Å². The minimum atomic E-state index is -0.0462. The molecule has 30 heavy (non-hydrogen) atoms. The van der Waals surface area contributed by atoms with Gasteiger partial charge in [-0.2, -0.15) is 0 Å². The molecule has 0 saturated carbocycles. The van der Waals surface area contributed by atoms with Gasteiger partial charge < -0.3 is 9.88 Å². The number of anilines is 1. The summed E-state index contributed by atoms with van der Waals surface area (Å²) in [6, 6.07) is 21.9. The van der Waals surface area contributed by atoms with Crippen LogP contribution in [0.3, 0.4) is 0 Å². The summed E-state index contributed by atoms with van der Waals surface area (Å²) < 4.78 is 2.15. The van der Waals surface area contributed by atoms with Gasteiger partial charge >= 0.3 is 0 Å². The van der Waals surface area contributed by atoms with Crippen LogP contribution in [0.25, 0.3) is 11.0 Å². The van der Waals surface area contributed by atoms with E-state index in [2.05, 4.69) is 22.0 Å². The maximum absolute atomic E-state index is 12.5. The third-order valence-corrected chi connectivity index (χ3v) is 5.94. The standard InChI is InChI=1S/C24H22ClN3OS/c1-16-11-17(2)13-20(12-16)26-23(29)15-30-24-27-21-5-3-4-6-22(21)28(24)14-18-7-9-19(25)10-8-18/h3-13H,14-15H2,1-2H3,(H,26,29). The van der Waals surface area contributed by atoms with Crippen molar-refractivity contribution in [1.29, 1.82) is 0 Å². The number of thioether (sulfide) groups is 1. The summed E-state index contributed by atoms with van der Waals surface area (Å²) in [4.78, 5) is 17.3. The molecule has 3 aromatic carbocycles. The monoisotopic (exact) mass is 435 g/mol. The molecule has 0 unspecified atom stereocenters. The molecule has 4 nitrogen and oxygen atoms in total. The molecule has 0 bridgehead atoms. The predicted molar refractivity (Wildman–Crippen MR) is 126 cm³/mol. The molecule has 0 fully saturated rings. The van der Waals surface area contributed by atoms with E-state index in [1.54, 1.807) is 0 Å². The van der Waals surface area contributed by atoms with Gasteiger partial charge in [0, 0.05) is 10.7 Å². The maximum Gasteiger partial charge on any atom is 0.234 e. The number of aromatic nitrogens is 2. The molecular formula is C24H22ClN3OS. The molecule has 1 heterocycles. The average molecular weight is 436 g/mol. The summed E-state index contributed by atoms with van der Waals surface area (Å²) >= 11 is 7.47. The van der Waals surface area contributed by atoms with Crippen LogP contribution >= 0.6 is 23.4 Å². The van der Waals surface area contributed by atoms with E-state index < -0.39 is 0 Å². The van der Waals surface area contributed by atoms with E-state index in [0.717, 1.165) is 38.6 Å². The number of hydrogen-bond acceptors (Lipinski definition) is 3. The molecule has 0 radical (unpaired) electrons. The van der Waals surface area contributed by atoms with Crippen LogP contribution in [0.4, 0.5) is 5.69 Å². The van der Waals surface area contributed by atoms with Crippen molar-refractivity contribution >= 4 is 46.0 Å². The van der Waals surface area contributed by atoms with Crippen LogP contribution in [0, 0.1) is 13.8 Å². The Kier molecular flexibility index (Phi) is 6.11. The van der Waals surface area contributed by atoms with Crippen LogP contribution in [0.1, 0.15) is 16.7 Å². The van der Waals surface area contributed by atoms with Crippen molar-refractivity contribution in [2.45, 2.75) is 25.5 Å². The molecule has 0 spiro atoms. The quantitative estimate of drug-likeness (QED) is 0.373. The fourth-order valence-corrected chi connectivity index (χ4v) is 4.40. The van der Waals surface area contributed by atoms with E-state index >= 15 is 0 Å². The summed E-state index contributed by atoms with van der Waals surface area (Å²) in [7, 11) is 0. The number of carbonyl (C=O) groups excluding carboxylic acids is 1. The second-order valence-corrected chi connectivity index (χ2v) is 8.69. The van der Waals surface area contributed by atoms with Gasteiger partial charge in [0.2, 0.25) is 5.91 Å². The highest BCUT2D eigenvalue weighted by Crippen LogP contribution is 2.26. The number of hydrogen-bond donors (Lipinski definition) is 1. The number of nitrogens with one attached hydrogen (secondary N) is 1. The topological polar surface area (TPSA) is 46.9 Å². The Morgan fingerprint density at radius 1 is 1.03 bits per heavy atom. The first-order valence-electron chi connectivity index (χ1n) is 9.68. The van der Waals surface area contributed by atoms with E-state index in [4.69, 9.17) is 16.6 Å². The van der Waals surface area contributed by atoms with Crippen molar-refractivity contribution in [3.8, 4) is 0 Å². The molecule has 4 rings (SSSR count). The highest BCUT2D eigenvalue weighted by Gasteiger charge is 2.14. The molecule has 1 amide bonds. The third kappa shape index (κ3) is 4.86. The first-order valence-corrected chi connectivity index (χ1v) is 11.0. The van der Waals surface area contributed by atoms with Gasteiger partial charge in [0.05, 0.1) is 23.3 Å². The largest absolute Gasteiger partial charge is 0.325 e. The molecular weight excluding hydrogens is 414 g/mol. The average Bonchev–Trinajstić information content (AvgIpc) is 3.05. The molecule has 0 aliphatic rings. The predicted octanol–water partition coefficient (Wildman–Crippen LogP) is 6.09. The molecule has 0 aliphatic carbocycles. The lowest BCUT2D eigenvalue weighted by molar-refractivity contribution is -0.113. The minimum absolute atomic E-state index is 0.0462. The Morgan fingerprint density at radius 3 is 2.47 bits per heavy atom. The summed E-state index contributed by atoms with van der Waals surface area (Å²) in [5, 5.41) is 4.53. The van der Waals surface area contributed by atoms with E-state index in [0.29, 0.717) is 11.6 Å². The summed E-state index contributed by atoms with van der Waals surface area (Å²) in [6.45, 7) is 4.71. The maximum atomic E-state index is 12.5. The molecule has 0 atom stereocenters. The van der Waals surface area contributed by atoms with Crippen molar-refractivity contribution in [2.24, 2.45) is 0 Å². The molecule has 0 saturated heterocycles. The Morgan fingerprint density at radius 2 is 1.73 bits per heavy atom. The second kappa shape index (κ2) is 8.94. The van der Waals surface area contributed by atoms with Crippen LogP contribution in [-0.4, -0.2) is 21.2 Å². The van der Waals surface area contributed by atoms with Gasteiger partial charge in [0.15, 0.2) is 5.16 Å². The van der Waals surface area contributed by atoms with Crippen LogP contribution in [0.15, 0.2) is 71.9 Å². The first-order chi connectivity index (χ1) is 14.5. The van der Waals surface area contributed by atoms with Crippen LogP contribution in [-0.2, 0) is 11.3 Å². The Balaban J connectivity index is 1.53. The Labute approximate surface area is 185 Å². The van der Waals surface area contributed by atoms with Crippen molar-refractivity contribution in [2.75, 3.05) is 11.1 Å². The van der Waals surface area contributed by atoms with Gasteiger partial charge in [0.1, 0.15) is 0 Å². The molecule has 4 aromatic rings. The Hall–Kier alpha value is -2.76. The van der Waals surface area contributed by atoms with Crippen LogP contribution < -0.4 is 5.32 Å². The zero-order chi connectivity index (χ0) is 21.1. The fourth-order valence-electron chi connectivity index (χ4n) is 3.46. The van der Waals surface area contributed by atoms with Gasteiger partial charge in [-0.1, -0.05) is 53.7 Å². The summed E-state index contributed by atoms with van der Waals surface area (Å²) in [5.41, 5.74) is 6.18. The number of benzene rings is 3. The number of imidazole rings is 1. The van der Waals surface area contributed by atoms with E-state index in [-0.39, 0.29) is 11.7 Å². The number of nitrogens with zero attached hydrogens (tertiary/aromatic N) is 2. The highest BCUT2D eigenvalue weighted by atomic mass is 35.5. The van der Waals surface area contributed by atoms with Gasteiger partial charge in [-0.05, 0) is 66.9 Å². The normalized spacial score (nSPS) is 11.0. The van der Waals surface area contributed by atoms with E-state index in [1.807, 2.05) is 68.4 Å². The zero-order valence-electron chi connectivity index (χ0n) is 16.9. The number of halogens is 1. The van der Waals surface area contributed by atoms with Gasteiger partial charge in [-0.3, -0.25) is 4.79 Å². The minimum Gasteiger partial charge on any atom is -0.325 e. The lowest BCUT2D eigenvalue weighted by Crippen LogP contribution is -2.15. The molecule has 152 valence electrons. The van der Waals surface area contributed by atoms with E-state index in [9.17, 15) is 4.79 Å². The summed E-state index contributed by atoms with van der Waals surface area (Å²) in [6.07, 6.45) is 0. The molecule has 0 aliphatic heterocycles. The van der Waals surface area contributed by atoms with Crippen LogP contribution in [0.5, 0.6) is 0 Å².